The van der Waals surface area contributed by atoms with Gasteiger partial charge in [0.05, 0.1) is 0 Å². The van der Waals surface area contributed by atoms with Gasteiger partial charge in [0, 0.05) is 18.9 Å². The molecule has 0 spiro atoms. The quantitative estimate of drug-likeness (QED) is 0.907. The number of hydrogen-bond acceptors (Lipinski definition) is 3. The highest BCUT2D eigenvalue weighted by atomic mass is 16.5. The Morgan fingerprint density at radius 3 is 2.90 bits per heavy atom. The van der Waals surface area contributed by atoms with Crippen LogP contribution in [-0.2, 0) is 11.3 Å². The number of aryl methyl sites for hydroxylation is 2. The van der Waals surface area contributed by atoms with Crippen LogP contribution in [0.4, 0.5) is 0 Å². The van der Waals surface area contributed by atoms with Crippen LogP contribution in [0.3, 0.4) is 0 Å². The normalized spacial score (nSPS) is 10.1. The zero-order valence-electron chi connectivity index (χ0n) is 11.7. The molecule has 0 bridgehead atoms. The molecule has 1 aromatic heterocycles. The van der Waals surface area contributed by atoms with Crippen molar-refractivity contribution in [1.29, 1.82) is 0 Å². The van der Waals surface area contributed by atoms with Gasteiger partial charge in [0.25, 0.3) is 5.91 Å². The van der Waals surface area contributed by atoms with Gasteiger partial charge in [0.15, 0.2) is 6.61 Å². The number of amides is 1. The van der Waals surface area contributed by atoms with Crippen LogP contribution < -0.4 is 10.1 Å². The number of nitrogens with one attached hydrogen (secondary N) is 1. The highest BCUT2D eigenvalue weighted by Gasteiger charge is 2.05. The maximum Gasteiger partial charge on any atom is 0.258 e. The van der Waals surface area contributed by atoms with Gasteiger partial charge in [-0.25, -0.2) is 0 Å². The molecule has 0 saturated carbocycles. The summed E-state index contributed by atoms with van der Waals surface area (Å²) in [5.41, 5.74) is 3.10. The molecule has 0 aliphatic heterocycles. The van der Waals surface area contributed by atoms with Crippen LogP contribution >= 0.6 is 0 Å². The van der Waals surface area contributed by atoms with E-state index in [0.29, 0.717) is 6.54 Å². The first-order valence-electron chi connectivity index (χ1n) is 6.51. The molecule has 1 aromatic carbocycles. The zero-order chi connectivity index (χ0) is 14.4. The van der Waals surface area contributed by atoms with E-state index in [1.54, 1.807) is 12.4 Å². The number of aromatic nitrogens is 1. The lowest BCUT2D eigenvalue weighted by molar-refractivity contribution is -0.123. The fraction of sp³-hybridized carbons (Fsp3) is 0.250. The molecule has 2 aromatic rings. The Morgan fingerprint density at radius 1 is 1.30 bits per heavy atom. The second-order valence-corrected chi connectivity index (χ2v) is 4.70. The zero-order valence-corrected chi connectivity index (χ0v) is 11.7. The van der Waals surface area contributed by atoms with Crippen LogP contribution in [0, 0.1) is 13.8 Å². The highest BCUT2D eigenvalue weighted by Crippen LogP contribution is 2.18. The Morgan fingerprint density at radius 2 is 2.15 bits per heavy atom. The molecule has 1 N–H and O–H groups in total. The average molecular weight is 270 g/mol. The molecule has 4 heteroatoms. The molecule has 0 aliphatic carbocycles. The summed E-state index contributed by atoms with van der Waals surface area (Å²) >= 11 is 0. The van der Waals surface area contributed by atoms with Crippen molar-refractivity contribution in [2.24, 2.45) is 0 Å². The van der Waals surface area contributed by atoms with Gasteiger partial charge in [0.2, 0.25) is 0 Å². The molecule has 0 radical (unpaired) electrons. The number of ether oxygens (including phenoxy) is 1. The van der Waals surface area contributed by atoms with Gasteiger partial charge in [-0.2, -0.15) is 0 Å². The Balaban J connectivity index is 1.82. The van der Waals surface area contributed by atoms with E-state index < -0.39 is 0 Å². The van der Waals surface area contributed by atoms with Crippen LogP contribution in [0.1, 0.15) is 16.7 Å². The molecule has 1 amide bonds. The molecule has 20 heavy (non-hydrogen) atoms. The van der Waals surface area contributed by atoms with E-state index in [4.69, 9.17) is 4.74 Å². The molecule has 0 unspecified atom stereocenters. The standard InChI is InChI=1S/C16H18N2O2/c1-12-5-6-13(2)15(8-12)20-11-16(19)18-10-14-4-3-7-17-9-14/h3-9H,10-11H2,1-2H3,(H,18,19). The molecular formula is C16H18N2O2. The van der Waals surface area contributed by atoms with Crippen LogP contribution in [-0.4, -0.2) is 17.5 Å². The molecule has 2 rings (SSSR count). The third kappa shape index (κ3) is 4.09. The van der Waals surface area contributed by atoms with Gasteiger partial charge in [-0.1, -0.05) is 18.2 Å². The van der Waals surface area contributed by atoms with E-state index >= 15 is 0 Å². The minimum absolute atomic E-state index is 0.0184. The van der Waals surface area contributed by atoms with Crippen molar-refractivity contribution in [2.45, 2.75) is 20.4 Å². The lowest BCUT2D eigenvalue weighted by Crippen LogP contribution is -2.28. The summed E-state index contributed by atoms with van der Waals surface area (Å²) < 4.78 is 5.54. The van der Waals surface area contributed by atoms with Crippen molar-refractivity contribution in [3.05, 3.63) is 59.4 Å². The fourth-order valence-electron chi connectivity index (χ4n) is 1.76. The van der Waals surface area contributed by atoms with Crippen LogP contribution in [0.15, 0.2) is 42.7 Å². The summed E-state index contributed by atoms with van der Waals surface area (Å²) in [5.74, 6) is 0.608. The van der Waals surface area contributed by atoms with Crippen LogP contribution in [0.2, 0.25) is 0 Å². The average Bonchev–Trinajstić information content (AvgIpc) is 2.47. The number of hydrogen-bond donors (Lipinski definition) is 1. The smallest absolute Gasteiger partial charge is 0.258 e. The Bertz CT molecular complexity index is 582. The van der Waals surface area contributed by atoms with Gasteiger partial charge in [-0.15, -0.1) is 0 Å². The number of rotatable bonds is 5. The van der Waals surface area contributed by atoms with Crippen LogP contribution in [0.25, 0.3) is 0 Å². The minimum Gasteiger partial charge on any atom is -0.483 e. The van der Waals surface area contributed by atoms with E-state index in [0.717, 1.165) is 22.4 Å². The molecule has 0 aliphatic rings. The molecule has 0 saturated heterocycles. The van der Waals surface area contributed by atoms with Gasteiger partial charge < -0.3 is 10.1 Å². The monoisotopic (exact) mass is 270 g/mol. The third-order valence-corrected chi connectivity index (χ3v) is 2.91. The van der Waals surface area contributed by atoms with Gasteiger partial charge >= 0.3 is 0 Å². The van der Waals surface area contributed by atoms with Crippen LogP contribution in [0.5, 0.6) is 5.75 Å². The number of pyridine rings is 1. The number of carbonyl (C=O) groups is 1. The molecule has 4 nitrogen and oxygen atoms in total. The predicted octanol–water partition coefficient (Wildman–Crippen LogP) is 2.39. The topological polar surface area (TPSA) is 51.2 Å². The van der Waals surface area contributed by atoms with Crippen molar-refractivity contribution in [1.82, 2.24) is 10.3 Å². The van der Waals surface area contributed by atoms with E-state index in [2.05, 4.69) is 10.3 Å². The lowest BCUT2D eigenvalue weighted by Gasteiger charge is -2.10. The van der Waals surface area contributed by atoms with Gasteiger partial charge in [-0.05, 0) is 42.7 Å². The molecule has 0 fully saturated rings. The number of benzene rings is 1. The molecular weight excluding hydrogens is 252 g/mol. The summed E-state index contributed by atoms with van der Waals surface area (Å²) in [7, 11) is 0. The second-order valence-electron chi connectivity index (χ2n) is 4.70. The number of carbonyl (C=O) groups excluding carboxylic acids is 1. The first-order valence-corrected chi connectivity index (χ1v) is 6.51. The molecule has 0 atom stereocenters. The maximum atomic E-state index is 11.7. The van der Waals surface area contributed by atoms with E-state index in [1.807, 2.05) is 44.2 Å². The van der Waals surface area contributed by atoms with Gasteiger partial charge in [-0.3, -0.25) is 9.78 Å². The first-order chi connectivity index (χ1) is 9.65. The molecule has 1 heterocycles. The van der Waals surface area contributed by atoms with Crippen molar-refractivity contribution in [3.8, 4) is 5.75 Å². The number of nitrogens with zero attached hydrogens (tertiary/aromatic N) is 1. The summed E-state index contributed by atoms with van der Waals surface area (Å²) in [4.78, 5) is 15.7. The first kappa shape index (κ1) is 14.1. The van der Waals surface area contributed by atoms with E-state index in [9.17, 15) is 4.79 Å². The molecule has 104 valence electrons. The minimum atomic E-state index is -0.144. The Kier molecular flexibility index (Phi) is 4.71. The van der Waals surface area contributed by atoms with Gasteiger partial charge in [0.1, 0.15) is 5.75 Å². The Hall–Kier alpha value is -2.36. The lowest BCUT2D eigenvalue weighted by atomic mass is 10.1. The fourth-order valence-corrected chi connectivity index (χ4v) is 1.76. The Labute approximate surface area is 118 Å². The SMILES string of the molecule is Cc1ccc(C)c(OCC(=O)NCc2cccnc2)c1. The summed E-state index contributed by atoms with van der Waals surface area (Å²) in [6.07, 6.45) is 3.43. The third-order valence-electron chi connectivity index (χ3n) is 2.91. The second kappa shape index (κ2) is 6.70. The van der Waals surface area contributed by atoms with E-state index in [1.165, 1.54) is 0 Å². The van der Waals surface area contributed by atoms with Crippen molar-refractivity contribution < 1.29 is 9.53 Å². The van der Waals surface area contributed by atoms with Crippen molar-refractivity contribution >= 4 is 5.91 Å². The summed E-state index contributed by atoms with van der Waals surface area (Å²) in [6.45, 7) is 4.43. The van der Waals surface area contributed by atoms with Crippen molar-refractivity contribution in [2.75, 3.05) is 6.61 Å². The predicted molar refractivity (Wildman–Crippen MR) is 77.5 cm³/mol. The maximum absolute atomic E-state index is 11.7. The summed E-state index contributed by atoms with van der Waals surface area (Å²) in [5, 5.41) is 2.80. The van der Waals surface area contributed by atoms with E-state index in [-0.39, 0.29) is 12.5 Å². The largest absolute Gasteiger partial charge is 0.483 e. The summed E-state index contributed by atoms with van der Waals surface area (Å²) in [6, 6.07) is 9.69. The van der Waals surface area contributed by atoms with Crippen molar-refractivity contribution in [3.63, 3.8) is 0 Å². The highest BCUT2D eigenvalue weighted by molar-refractivity contribution is 5.77.